The van der Waals surface area contributed by atoms with Crippen molar-refractivity contribution in [1.82, 2.24) is 4.98 Å². The number of pyridine rings is 1. The number of carboxylic acids is 1. The Bertz CT molecular complexity index is 564. The van der Waals surface area contributed by atoms with E-state index in [4.69, 9.17) is 5.11 Å². The van der Waals surface area contributed by atoms with E-state index in [2.05, 4.69) is 16.4 Å². The molecule has 1 unspecified atom stereocenters. The van der Waals surface area contributed by atoms with Crippen LogP contribution in [0, 0.1) is 5.92 Å². The molecule has 100 valence electrons. The normalized spacial score (nSPS) is 12.3. The third-order valence-corrected chi connectivity index (χ3v) is 3.14. The Hall–Kier alpha value is -2.10. The lowest BCUT2D eigenvalue weighted by molar-refractivity contribution is -0.137. The number of hydrogen-bond acceptors (Lipinski definition) is 3. The Morgan fingerprint density at radius 1 is 1.37 bits per heavy atom. The van der Waals surface area contributed by atoms with Crippen molar-refractivity contribution in [3.63, 3.8) is 0 Å². The lowest BCUT2D eigenvalue weighted by atomic mass is 10.1. The number of rotatable bonds is 6. The first-order chi connectivity index (χ1) is 9.16. The van der Waals surface area contributed by atoms with E-state index in [1.807, 2.05) is 31.2 Å². The zero-order chi connectivity index (χ0) is 13.7. The number of carboxylic acid groups (broad SMARTS) is 1. The first-order valence-corrected chi connectivity index (χ1v) is 6.46. The minimum atomic E-state index is -0.741. The maximum absolute atomic E-state index is 10.5. The van der Waals surface area contributed by atoms with E-state index in [-0.39, 0.29) is 6.42 Å². The molecule has 0 fully saturated rings. The molecular weight excluding hydrogens is 240 g/mol. The second kappa shape index (κ2) is 6.18. The summed E-state index contributed by atoms with van der Waals surface area (Å²) in [4.78, 5) is 14.9. The second-order valence-corrected chi connectivity index (χ2v) is 4.80. The summed E-state index contributed by atoms with van der Waals surface area (Å²) in [5, 5.41) is 14.2. The molecule has 0 aliphatic rings. The fourth-order valence-electron chi connectivity index (χ4n) is 2.00. The van der Waals surface area contributed by atoms with E-state index in [0.29, 0.717) is 12.3 Å². The van der Waals surface area contributed by atoms with Gasteiger partial charge in [0, 0.05) is 24.5 Å². The van der Waals surface area contributed by atoms with Crippen LogP contribution in [0.1, 0.15) is 19.8 Å². The van der Waals surface area contributed by atoms with Crippen LogP contribution in [0.25, 0.3) is 10.8 Å². The number of aromatic nitrogens is 1. The average molecular weight is 258 g/mol. The highest BCUT2D eigenvalue weighted by atomic mass is 16.4. The SMILES string of the molecule is CC(CCC(=O)O)CNc1nccc2ccccc12. The molecule has 1 atom stereocenters. The molecule has 0 aliphatic carbocycles. The molecule has 4 nitrogen and oxygen atoms in total. The van der Waals surface area contributed by atoms with Gasteiger partial charge in [-0.1, -0.05) is 31.2 Å². The Morgan fingerprint density at radius 3 is 2.95 bits per heavy atom. The van der Waals surface area contributed by atoms with Crippen molar-refractivity contribution in [3.8, 4) is 0 Å². The maximum Gasteiger partial charge on any atom is 0.303 e. The molecule has 0 saturated carbocycles. The van der Waals surface area contributed by atoms with Gasteiger partial charge in [0.05, 0.1) is 0 Å². The first kappa shape index (κ1) is 13.3. The molecule has 0 amide bonds. The molecule has 0 bridgehead atoms. The van der Waals surface area contributed by atoms with Crippen molar-refractivity contribution < 1.29 is 9.90 Å². The molecule has 0 saturated heterocycles. The molecule has 1 aromatic carbocycles. The summed E-state index contributed by atoms with van der Waals surface area (Å²) in [6.45, 7) is 2.77. The average Bonchev–Trinajstić information content (AvgIpc) is 2.42. The highest BCUT2D eigenvalue weighted by molar-refractivity contribution is 5.91. The van der Waals surface area contributed by atoms with Gasteiger partial charge in [-0.2, -0.15) is 0 Å². The quantitative estimate of drug-likeness (QED) is 0.835. The van der Waals surface area contributed by atoms with Gasteiger partial charge in [0.2, 0.25) is 0 Å². The third kappa shape index (κ3) is 3.68. The van der Waals surface area contributed by atoms with Crippen LogP contribution in [-0.4, -0.2) is 22.6 Å². The molecule has 2 rings (SSSR count). The van der Waals surface area contributed by atoms with Crippen molar-refractivity contribution >= 4 is 22.6 Å². The van der Waals surface area contributed by atoms with Gasteiger partial charge in [-0.15, -0.1) is 0 Å². The van der Waals surface area contributed by atoms with E-state index < -0.39 is 5.97 Å². The predicted molar refractivity (Wildman–Crippen MR) is 76.3 cm³/mol. The lowest BCUT2D eigenvalue weighted by Gasteiger charge is -2.13. The van der Waals surface area contributed by atoms with Crippen molar-refractivity contribution in [2.45, 2.75) is 19.8 Å². The van der Waals surface area contributed by atoms with Gasteiger partial charge in [-0.25, -0.2) is 4.98 Å². The molecule has 2 N–H and O–H groups in total. The van der Waals surface area contributed by atoms with Crippen molar-refractivity contribution in [2.75, 3.05) is 11.9 Å². The van der Waals surface area contributed by atoms with E-state index >= 15 is 0 Å². The zero-order valence-electron chi connectivity index (χ0n) is 11.0. The van der Waals surface area contributed by atoms with Gasteiger partial charge in [0.15, 0.2) is 0 Å². The number of hydrogen-bond donors (Lipinski definition) is 2. The number of nitrogens with zero attached hydrogens (tertiary/aromatic N) is 1. The van der Waals surface area contributed by atoms with E-state index in [1.165, 1.54) is 0 Å². The second-order valence-electron chi connectivity index (χ2n) is 4.80. The first-order valence-electron chi connectivity index (χ1n) is 6.46. The smallest absolute Gasteiger partial charge is 0.303 e. The zero-order valence-corrected chi connectivity index (χ0v) is 11.0. The number of benzene rings is 1. The summed E-state index contributed by atoms with van der Waals surface area (Å²) in [7, 11) is 0. The molecule has 2 aromatic rings. The van der Waals surface area contributed by atoms with Crippen molar-refractivity contribution in [2.24, 2.45) is 5.92 Å². The highest BCUT2D eigenvalue weighted by Crippen LogP contribution is 2.20. The van der Waals surface area contributed by atoms with E-state index in [9.17, 15) is 4.79 Å². The highest BCUT2D eigenvalue weighted by Gasteiger charge is 2.07. The van der Waals surface area contributed by atoms with Crippen LogP contribution in [0.5, 0.6) is 0 Å². The third-order valence-electron chi connectivity index (χ3n) is 3.14. The standard InChI is InChI=1S/C15H18N2O2/c1-11(6-7-14(18)19)10-17-15-13-5-3-2-4-12(13)8-9-16-15/h2-5,8-9,11H,6-7,10H2,1H3,(H,16,17)(H,18,19). The Kier molecular flexibility index (Phi) is 4.34. The summed E-state index contributed by atoms with van der Waals surface area (Å²) >= 11 is 0. The Labute approximate surface area is 112 Å². The van der Waals surface area contributed by atoms with Gasteiger partial charge >= 0.3 is 5.97 Å². The molecule has 0 aliphatic heterocycles. The lowest BCUT2D eigenvalue weighted by Crippen LogP contribution is -2.13. The van der Waals surface area contributed by atoms with E-state index in [1.54, 1.807) is 6.20 Å². The summed E-state index contributed by atoms with van der Waals surface area (Å²) in [6.07, 6.45) is 2.67. The number of anilines is 1. The summed E-state index contributed by atoms with van der Waals surface area (Å²) in [6, 6.07) is 10.1. The summed E-state index contributed by atoms with van der Waals surface area (Å²) in [5.41, 5.74) is 0. The number of carbonyl (C=O) groups is 1. The molecule has 1 heterocycles. The molecule has 4 heteroatoms. The fraction of sp³-hybridized carbons (Fsp3) is 0.333. The predicted octanol–water partition coefficient (Wildman–Crippen LogP) is 3.15. The van der Waals surface area contributed by atoms with Crippen LogP contribution >= 0.6 is 0 Å². The van der Waals surface area contributed by atoms with Gasteiger partial charge in [-0.05, 0) is 23.8 Å². The molecule has 0 spiro atoms. The maximum atomic E-state index is 10.5. The van der Waals surface area contributed by atoms with Gasteiger partial charge in [0.25, 0.3) is 0 Å². The van der Waals surface area contributed by atoms with E-state index in [0.717, 1.165) is 23.1 Å². The Balaban J connectivity index is 2.00. The topological polar surface area (TPSA) is 62.2 Å². The van der Waals surface area contributed by atoms with Gasteiger partial charge in [0.1, 0.15) is 5.82 Å². The molecule has 19 heavy (non-hydrogen) atoms. The van der Waals surface area contributed by atoms with Crippen LogP contribution in [0.3, 0.4) is 0 Å². The van der Waals surface area contributed by atoms with Gasteiger partial charge < -0.3 is 10.4 Å². The fourth-order valence-corrected chi connectivity index (χ4v) is 2.00. The van der Waals surface area contributed by atoms with Crippen LogP contribution in [0.15, 0.2) is 36.5 Å². The largest absolute Gasteiger partial charge is 0.481 e. The summed E-state index contributed by atoms with van der Waals surface area (Å²) in [5.74, 6) is 0.423. The number of fused-ring (bicyclic) bond motifs is 1. The minimum absolute atomic E-state index is 0.214. The van der Waals surface area contributed by atoms with Crippen LogP contribution < -0.4 is 5.32 Å². The van der Waals surface area contributed by atoms with Crippen molar-refractivity contribution in [1.29, 1.82) is 0 Å². The molecule has 1 aromatic heterocycles. The molecular formula is C15H18N2O2. The summed E-state index contributed by atoms with van der Waals surface area (Å²) < 4.78 is 0. The van der Waals surface area contributed by atoms with Gasteiger partial charge in [-0.3, -0.25) is 4.79 Å². The van der Waals surface area contributed by atoms with Crippen molar-refractivity contribution in [3.05, 3.63) is 36.5 Å². The van der Waals surface area contributed by atoms with Crippen LogP contribution in [0.2, 0.25) is 0 Å². The molecule has 0 radical (unpaired) electrons. The van der Waals surface area contributed by atoms with Crippen LogP contribution in [-0.2, 0) is 4.79 Å². The van der Waals surface area contributed by atoms with Crippen LogP contribution in [0.4, 0.5) is 5.82 Å². The number of nitrogens with one attached hydrogen (secondary N) is 1. The Morgan fingerprint density at radius 2 is 2.16 bits per heavy atom. The number of aliphatic carboxylic acids is 1. The monoisotopic (exact) mass is 258 g/mol. The minimum Gasteiger partial charge on any atom is -0.481 e.